The lowest BCUT2D eigenvalue weighted by molar-refractivity contribution is 0.636. The summed E-state index contributed by atoms with van der Waals surface area (Å²) in [6.45, 7) is 2.05. The molecule has 0 aliphatic carbocycles. The van der Waals surface area contributed by atoms with Crippen LogP contribution in [0.25, 0.3) is 10.9 Å². The number of rotatable bonds is 3. The number of hydrogen-bond donors (Lipinski definition) is 2. The molecule has 0 unspecified atom stereocenters. The molecule has 3 nitrogen and oxygen atoms in total. The van der Waals surface area contributed by atoms with E-state index in [0.29, 0.717) is 5.52 Å². The standard InChI is InChI=1S/C12H14FN3/c1-2-4-10-11(16-14)7-8-5-3-6-9(13)12(8)15-10/h3,5-7,16H,2,4,14H2,1H3. The number of aryl methyl sites for hydroxylation is 1. The van der Waals surface area contributed by atoms with Crippen LogP contribution in [0.4, 0.5) is 10.1 Å². The Bertz CT molecular complexity index is 511. The molecule has 0 aliphatic rings. The van der Waals surface area contributed by atoms with Gasteiger partial charge in [0.05, 0.1) is 11.4 Å². The molecule has 0 fully saturated rings. The Hall–Kier alpha value is -1.68. The van der Waals surface area contributed by atoms with Crippen molar-refractivity contribution in [3.63, 3.8) is 0 Å². The number of benzene rings is 1. The molecular weight excluding hydrogens is 205 g/mol. The predicted molar refractivity (Wildman–Crippen MR) is 63.5 cm³/mol. The first kappa shape index (κ1) is 10.8. The highest BCUT2D eigenvalue weighted by molar-refractivity contribution is 5.83. The highest BCUT2D eigenvalue weighted by Crippen LogP contribution is 2.23. The van der Waals surface area contributed by atoms with Crippen molar-refractivity contribution in [1.82, 2.24) is 4.98 Å². The van der Waals surface area contributed by atoms with Crippen molar-refractivity contribution in [3.05, 3.63) is 35.8 Å². The fourth-order valence-electron chi connectivity index (χ4n) is 1.75. The Labute approximate surface area is 93.5 Å². The number of hydrazine groups is 1. The minimum absolute atomic E-state index is 0.293. The van der Waals surface area contributed by atoms with Crippen LogP contribution in [0.3, 0.4) is 0 Å². The number of fused-ring (bicyclic) bond motifs is 1. The second kappa shape index (κ2) is 4.45. The van der Waals surface area contributed by atoms with E-state index >= 15 is 0 Å². The first-order valence-corrected chi connectivity index (χ1v) is 5.31. The van der Waals surface area contributed by atoms with E-state index in [1.807, 2.05) is 19.1 Å². The number of aromatic nitrogens is 1. The van der Waals surface area contributed by atoms with Gasteiger partial charge in [0.25, 0.3) is 0 Å². The Morgan fingerprint density at radius 1 is 1.44 bits per heavy atom. The SMILES string of the molecule is CCCc1nc2c(F)cccc2cc1NN. The lowest BCUT2D eigenvalue weighted by Gasteiger charge is -2.09. The molecule has 0 saturated carbocycles. The molecule has 84 valence electrons. The van der Waals surface area contributed by atoms with E-state index in [0.717, 1.165) is 29.6 Å². The molecule has 2 rings (SSSR count). The molecule has 1 aromatic carbocycles. The summed E-state index contributed by atoms with van der Waals surface area (Å²) in [4.78, 5) is 4.32. The molecular formula is C12H14FN3. The van der Waals surface area contributed by atoms with Crippen molar-refractivity contribution >= 4 is 16.6 Å². The highest BCUT2D eigenvalue weighted by Gasteiger charge is 2.08. The van der Waals surface area contributed by atoms with Crippen LogP contribution in [-0.2, 0) is 6.42 Å². The quantitative estimate of drug-likeness (QED) is 0.616. The van der Waals surface area contributed by atoms with Gasteiger partial charge < -0.3 is 5.43 Å². The summed E-state index contributed by atoms with van der Waals surface area (Å²) in [7, 11) is 0. The van der Waals surface area contributed by atoms with Crippen molar-refractivity contribution in [1.29, 1.82) is 0 Å². The van der Waals surface area contributed by atoms with Crippen LogP contribution in [0, 0.1) is 5.82 Å². The number of nitrogens with two attached hydrogens (primary N) is 1. The van der Waals surface area contributed by atoms with Crippen LogP contribution in [-0.4, -0.2) is 4.98 Å². The van der Waals surface area contributed by atoms with Gasteiger partial charge in [0, 0.05) is 5.39 Å². The smallest absolute Gasteiger partial charge is 0.149 e. The zero-order chi connectivity index (χ0) is 11.5. The zero-order valence-corrected chi connectivity index (χ0v) is 9.13. The molecule has 0 amide bonds. The Kier molecular flexibility index (Phi) is 3.01. The third-order valence-electron chi connectivity index (χ3n) is 2.52. The third-order valence-corrected chi connectivity index (χ3v) is 2.52. The molecule has 4 heteroatoms. The van der Waals surface area contributed by atoms with E-state index in [9.17, 15) is 4.39 Å². The molecule has 0 bridgehead atoms. The first-order chi connectivity index (χ1) is 7.76. The number of para-hydroxylation sites is 1. The normalized spacial score (nSPS) is 10.7. The number of hydrogen-bond acceptors (Lipinski definition) is 3. The zero-order valence-electron chi connectivity index (χ0n) is 9.13. The van der Waals surface area contributed by atoms with E-state index in [4.69, 9.17) is 5.84 Å². The largest absolute Gasteiger partial charge is 0.322 e. The summed E-state index contributed by atoms with van der Waals surface area (Å²) in [5, 5.41) is 0.757. The molecule has 2 aromatic rings. The maximum atomic E-state index is 13.5. The Morgan fingerprint density at radius 2 is 2.25 bits per heavy atom. The number of anilines is 1. The number of nitrogen functional groups attached to an aromatic ring is 1. The van der Waals surface area contributed by atoms with Crippen LogP contribution in [0.15, 0.2) is 24.3 Å². The molecule has 0 atom stereocenters. The molecule has 1 heterocycles. The van der Waals surface area contributed by atoms with Gasteiger partial charge in [-0.25, -0.2) is 9.37 Å². The first-order valence-electron chi connectivity index (χ1n) is 5.31. The van der Waals surface area contributed by atoms with Crippen LogP contribution in [0.1, 0.15) is 19.0 Å². The van der Waals surface area contributed by atoms with Gasteiger partial charge in [-0.2, -0.15) is 0 Å². The summed E-state index contributed by atoms with van der Waals surface area (Å²) < 4.78 is 13.5. The van der Waals surface area contributed by atoms with Crippen molar-refractivity contribution in [2.24, 2.45) is 5.84 Å². The molecule has 3 N–H and O–H groups in total. The van der Waals surface area contributed by atoms with Crippen LogP contribution in [0.2, 0.25) is 0 Å². The van der Waals surface area contributed by atoms with Gasteiger partial charge >= 0.3 is 0 Å². The van der Waals surface area contributed by atoms with Crippen LogP contribution >= 0.6 is 0 Å². The average Bonchev–Trinajstić information content (AvgIpc) is 2.30. The van der Waals surface area contributed by atoms with E-state index in [-0.39, 0.29) is 5.82 Å². The van der Waals surface area contributed by atoms with Crippen molar-refractivity contribution in [2.75, 3.05) is 5.43 Å². The van der Waals surface area contributed by atoms with E-state index < -0.39 is 0 Å². The predicted octanol–water partition coefficient (Wildman–Crippen LogP) is 2.61. The summed E-state index contributed by atoms with van der Waals surface area (Å²) in [6.07, 6.45) is 1.73. The van der Waals surface area contributed by atoms with Gasteiger partial charge in [-0.1, -0.05) is 25.5 Å². The number of nitrogens with one attached hydrogen (secondary N) is 1. The lowest BCUT2D eigenvalue weighted by atomic mass is 10.1. The molecule has 0 radical (unpaired) electrons. The van der Waals surface area contributed by atoms with Crippen LogP contribution in [0.5, 0.6) is 0 Å². The van der Waals surface area contributed by atoms with Gasteiger partial charge in [-0.3, -0.25) is 5.84 Å². The van der Waals surface area contributed by atoms with Gasteiger partial charge in [-0.05, 0) is 18.6 Å². The Balaban J connectivity index is 2.65. The summed E-state index contributed by atoms with van der Waals surface area (Å²) >= 11 is 0. The number of nitrogens with zero attached hydrogens (tertiary/aromatic N) is 1. The summed E-state index contributed by atoms with van der Waals surface area (Å²) in [5.41, 5.74) is 4.59. The molecule has 1 aromatic heterocycles. The lowest BCUT2D eigenvalue weighted by Crippen LogP contribution is -2.10. The third kappa shape index (κ3) is 1.84. The highest BCUT2D eigenvalue weighted by atomic mass is 19.1. The minimum Gasteiger partial charge on any atom is -0.322 e. The van der Waals surface area contributed by atoms with Gasteiger partial charge in [0.2, 0.25) is 0 Å². The average molecular weight is 219 g/mol. The molecule has 16 heavy (non-hydrogen) atoms. The monoisotopic (exact) mass is 219 g/mol. The fourth-order valence-corrected chi connectivity index (χ4v) is 1.75. The maximum absolute atomic E-state index is 13.5. The topological polar surface area (TPSA) is 50.9 Å². The second-order valence-corrected chi connectivity index (χ2v) is 3.69. The van der Waals surface area contributed by atoms with Gasteiger partial charge in [0.1, 0.15) is 11.3 Å². The van der Waals surface area contributed by atoms with Crippen LogP contribution < -0.4 is 11.3 Å². The summed E-state index contributed by atoms with van der Waals surface area (Å²) in [5.74, 6) is 5.13. The molecule has 0 saturated heterocycles. The van der Waals surface area contributed by atoms with E-state index in [1.54, 1.807) is 6.07 Å². The number of halogens is 1. The van der Waals surface area contributed by atoms with Crippen molar-refractivity contribution < 1.29 is 4.39 Å². The maximum Gasteiger partial charge on any atom is 0.149 e. The van der Waals surface area contributed by atoms with E-state index in [1.165, 1.54) is 6.07 Å². The van der Waals surface area contributed by atoms with E-state index in [2.05, 4.69) is 10.4 Å². The molecule has 0 aliphatic heterocycles. The number of pyridine rings is 1. The fraction of sp³-hybridized carbons (Fsp3) is 0.250. The summed E-state index contributed by atoms with van der Waals surface area (Å²) in [6, 6.07) is 6.73. The van der Waals surface area contributed by atoms with Gasteiger partial charge in [-0.15, -0.1) is 0 Å². The van der Waals surface area contributed by atoms with Crippen molar-refractivity contribution in [2.45, 2.75) is 19.8 Å². The Morgan fingerprint density at radius 3 is 2.94 bits per heavy atom. The second-order valence-electron chi connectivity index (χ2n) is 3.69. The van der Waals surface area contributed by atoms with Gasteiger partial charge in [0.15, 0.2) is 0 Å². The minimum atomic E-state index is -0.293. The van der Waals surface area contributed by atoms with Crippen molar-refractivity contribution in [3.8, 4) is 0 Å². The molecule has 0 spiro atoms.